The van der Waals surface area contributed by atoms with Crippen LogP contribution in [0.3, 0.4) is 0 Å². The van der Waals surface area contributed by atoms with E-state index in [2.05, 4.69) is 34.9 Å². The van der Waals surface area contributed by atoms with Gasteiger partial charge in [0.05, 0.1) is 0 Å². The molecule has 2 unspecified atom stereocenters. The van der Waals surface area contributed by atoms with Gasteiger partial charge in [-0.2, -0.15) is 0 Å². The van der Waals surface area contributed by atoms with Gasteiger partial charge in [0.2, 0.25) is 5.91 Å². The number of carboxylic acid groups (broad SMARTS) is 1. The Morgan fingerprint density at radius 2 is 1.69 bits per heavy atom. The Morgan fingerprint density at radius 3 is 2.31 bits per heavy atom. The van der Waals surface area contributed by atoms with Crippen molar-refractivity contribution < 1.29 is 24.2 Å². The molecule has 7 heteroatoms. The molecule has 3 atom stereocenters. The quantitative estimate of drug-likeness (QED) is 0.453. The smallest absolute Gasteiger partial charge is 0.407 e. The molecule has 1 saturated carbocycles. The predicted molar refractivity (Wildman–Crippen MR) is 133 cm³/mol. The molecule has 35 heavy (non-hydrogen) atoms. The molecule has 3 N–H and O–H groups in total. The Bertz CT molecular complexity index is 1020. The molecule has 2 aromatic rings. The molecule has 186 valence electrons. The number of hydrogen-bond donors (Lipinski definition) is 3. The summed E-state index contributed by atoms with van der Waals surface area (Å²) >= 11 is 0. The number of unbranched alkanes of at least 4 members (excludes halogenated alkanes) is 1. The molecule has 0 bridgehead atoms. The number of hydrogen-bond acceptors (Lipinski definition) is 4. The highest BCUT2D eigenvalue weighted by molar-refractivity contribution is 5.86. The van der Waals surface area contributed by atoms with Crippen molar-refractivity contribution in [3.8, 4) is 11.1 Å². The first-order chi connectivity index (χ1) is 17.0. The minimum Gasteiger partial charge on any atom is -0.481 e. The fourth-order valence-corrected chi connectivity index (χ4v) is 5.40. The first-order valence-corrected chi connectivity index (χ1v) is 12.6. The molecular weight excluding hydrogens is 444 g/mol. The van der Waals surface area contributed by atoms with Gasteiger partial charge >= 0.3 is 12.1 Å². The molecule has 2 aromatic carbocycles. The van der Waals surface area contributed by atoms with Crippen molar-refractivity contribution in [3.63, 3.8) is 0 Å². The summed E-state index contributed by atoms with van der Waals surface area (Å²) in [6.45, 7) is 2.23. The van der Waals surface area contributed by atoms with E-state index < -0.39 is 18.1 Å². The van der Waals surface area contributed by atoms with E-state index in [4.69, 9.17) is 9.84 Å². The van der Waals surface area contributed by atoms with Crippen LogP contribution < -0.4 is 10.6 Å². The van der Waals surface area contributed by atoms with Crippen molar-refractivity contribution >= 4 is 18.0 Å². The van der Waals surface area contributed by atoms with Crippen molar-refractivity contribution in [3.05, 3.63) is 59.7 Å². The molecule has 1 fully saturated rings. The third kappa shape index (κ3) is 6.02. The predicted octanol–water partition coefficient (Wildman–Crippen LogP) is 4.84. The topological polar surface area (TPSA) is 105 Å². The highest BCUT2D eigenvalue weighted by Crippen LogP contribution is 2.44. The zero-order valence-corrected chi connectivity index (χ0v) is 20.2. The lowest BCUT2D eigenvalue weighted by Crippen LogP contribution is -2.49. The van der Waals surface area contributed by atoms with E-state index in [1.807, 2.05) is 31.2 Å². The van der Waals surface area contributed by atoms with Crippen LogP contribution in [0.5, 0.6) is 0 Å². The molecule has 0 aliphatic heterocycles. The molecule has 0 radical (unpaired) electrons. The summed E-state index contributed by atoms with van der Waals surface area (Å²) in [7, 11) is 0. The van der Waals surface area contributed by atoms with Crippen molar-refractivity contribution in [2.24, 2.45) is 5.92 Å². The number of carboxylic acids is 1. The monoisotopic (exact) mass is 478 g/mol. The number of nitrogens with one attached hydrogen (secondary N) is 2. The van der Waals surface area contributed by atoms with E-state index >= 15 is 0 Å². The normalized spacial score (nSPS) is 19.5. The van der Waals surface area contributed by atoms with Crippen molar-refractivity contribution in [1.29, 1.82) is 0 Å². The summed E-state index contributed by atoms with van der Waals surface area (Å²) in [4.78, 5) is 36.7. The summed E-state index contributed by atoms with van der Waals surface area (Å²) in [6, 6.07) is 15.6. The number of carbonyl (C=O) groups excluding carboxylic acids is 2. The highest BCUT2D eigenvalue weighted by atomic mass is 16.5. The SMILES string of the molecule is CCCC[C@H](NC(=O)OCC1c2ccccc2-c2ccccc21)C(=O)NC1CCC(CC(=O)O)C1. The zero-order chi connectivity index (χ0) is 24.8. The first-order valence-electron chi connectivity index (χ1n) is 12.6. The lowest BCUT2D eigenvalue weighted by Gasteiger charge is -2.22. The molecule has 0 saturated heterocycles. The van der Waals surface area contributed by atoms with Crippen LogP contribution in [0.1, 0.15) is 68.9 Å². The number of fused-ring (bicyclic) bond motifs is 3. The maximum atomic E-state index is 13.0. The average molecular weight is 479 g/mol. The molecule has 0 aromatic heterocycles. The lowest BCUT2D eigenvalue weighted by molar-refractivity contribution is -0.138. The average Bonchev–Trinajstić information content (AvgIpc) is 3.41. The number of benzene rings is 2. The van der Waals surface area contributed by atoms with Crippen LogP contribution in [0.2, 0.25) is 0 Å². The standard InChI is InChI=1S/C28H34N2O5/c1-2-3-12-25(27(33)29-19-14-13-18(15-19)16-26(31)32)30-28(34)35-17-24-22-10-6-4-8-20(22)21-9-5-7-11-23(21)24/h4-11,18-19,24-25H,2-3,12-17H2,1H3,(H,29,33)(H,30,34)(H,31,32)/t18?,19?,25-/m0/s1. The second-order valence-electron chi connectivity index (χ2n) is 9.65. The third-order valence-electron chi connectivity index (χ3n) is 7.15. The summed E-state index contributed by atoms with van der Waals surface area (Å²) in [6.07, 6.45) is 3.96. The van der Waals surface area contributed by atoms with Gasteiger partial charge in [0.25, 0.3) is 0 Å². The number of aliphatic carboxylic acids is 1. The van der Waals surface area contributed by atoms with Gasteiger partial charge in [-0.05, 0) is 53.9 Å². The molecule has 2 aliphatic rings. The fraction of sp³-hybridized carbons (Fsp3) is 0.464. The maximum absolute atomic E-state index is 13.0. The lowest BCUT2D eigenvalue weighted by atomic mass is 9.98. The summed E-state index contributed by atoms with van der Waals surface area (Å²) in [5.41, 5.74) is 4.60. The Balaban J connectivity index is 1.34. The third-order valence-corrected chi connectivity index (χ3v) is 7.15. The maximum Gasteiger partial charge on any atom is 0.407 e. The molecule has 0 spiro atoms. The van der Waals surface area contributed by atoms with Crippen molar-refractivity contribution in [1.82, 2.24) is 10.6 Å². The molecule has 0 heterocycles. The van der Waals surface area contributed by atoms with Crippen molar-refractivity contribution in [2.75, 3.05) is 6.61 Å². The largest absolute Gasteiger partial charge is 0.481 e. The first kappa shape index (κ1) is 24.8. The minimum absolute atomic E-state index is 0.0410. The van der Waals surface area contributed by atoms with Crippen LogP contribution in [0.25, 0.3) is 11.1 Å². The highest BCUT2D eigenvalue weighted by Gasteiger charge is 2.31. The minimum atomic E-state index is -0.806. The van der Waals surface area contributed by atoms with Crippen LogP contribution in [0.4, 0.5) is 4.79 Å². The second kappa shape index (κ2) is 11.4. The summed E-state index contributed by atoms with van der Waals surface area (Å²) in [5.74, 6) is -0.990. The van der Waals surface area contributed by atoms with E-state index in [0.29, 0.717) is 12.8 Å². The number of ether oxygens (including phenoxy) is 1. The van der Waals surface area contributed by atoms with Crippen molar-refractivity contribution in [2.45, 2.75) is 69.9 Å². The number of rotatable bonds is 10. The number of alkyl carbamates (subject to hydrolysis) is 1. The molecular formula is C28H34N2O5. The van der Waals surface area contributed by atoms with Crippen LogP contribution in [0.15, 0.2) is 48.5 Å². The van der Waals surface area contributed by atoms with Gasteiger partial charge in [0.1, 0.15) is 12.6 Å². The Hall–Kier alpha value is -3.35. The second-order valence-corrected chi connectivity index (χ2v) is 9.65. The van der Waals surface area contributed by atoms with E-state index in [1.54, 1.807) is 0 Å². The van der Waals surface area contributed by atoms with E-state index in [1.165, 1.54) is 0 Å². The number of amides is 2. The van der Waals surface area contributed by atoms with Gasteiger partial charge in [-0.1, -0.05) is 68.3 Å². The van der Waals surface area contributed by atoms with Gasteiger partial charge < -0.3 is 20.5 Å². The van der Waals surface area contributed by atoms with Gasteiger partial charge in [-0.3, -0.25) is 9.59 Å². The molecule has 4 rings (SSSR count). The molecule has 7 nitrogen and oxygen atoms in total. The van der Waals surface area contributed by atoms with Gasteiger partial charge in [0.15, 0.2) is 0 Å². The number of carbonyl (C=O) groups is 3. The Morgan fingerprint density at radius 1 is 1.03 bits per heavy atom. The van der Waals surface area contributed by atoms with Crippen LogP contribution >= 0.6 is 0 Å². The van der Waals surface area contributed by atoms with Gasteiger partial charge in [0, 0.05) is 18.4 Å². The summed E-state index contributed by atoms with van der Waals surface area (Å²) in [5, 5.41) is 14.8. The van der Waals surface area contributed by atoms with Crippen LogP contribution in [-0.4, -0.2) is 41.8 Å². The Kier molecular flexibility index (Phi) is 8.06. The zero-order valence-electron chi connectivity index (χ0n) is 20.2. The van der Waals surface area contributed by atoms with Gasteiger partial charge in [-0.25, -0.2) is 4.79 Å². The van der Waals surface area contributed by atoms with Crippen LogP contribution in [-0.2, 0) is 14.3 Å². The van der Waals surface area contributed by atoms with Crippen LogP contribution in [0, 0.1) is 5.92 Å². The molecule has 2 amide bonds. The van der Waals surface area contributed by atoms with E-state index in [9.17, 15) is 14.4 Å². The van der Waals surface area contributed by atoms with Gasteiger partial charge in [-0.15, -0.1) is 0 Å². The molecule has 2 aliphatic carbocycles. The Labute approximate surface area is 206 Å². The fourth-order valence-electron chi connectivity index (χ4n) is 5.40. The summed E-state index contributed by atoms with van der Waals surface area (Å²) < 4.78 is 5.64. The van der Waals surface area contributed by atoms with E-state index in [0.717, 1.165) is 47.9 Å². The van der Waals surface area contributed by atoms with E-state index in [-0.39, 0.29) is 36.8 Å².